The highest BCUT2D eigenvalue weighted by molar-refractivity contribution is 7.54. The molecule has 0 spiro atoms. The van der Waals surface area contributed by atoms with Crippen LogP contribution in [-0.4, -0.2) is 36.5 Å². The number of carbonyl (C=O) groups is 2. The van der Waals surface area contributed by atoms with Crippen LogP contribution in [0.25, 0.3) is 0 Å². The van der Waals surface area contributed by atoms with Crippen LogP contribution in [0, 0.1) is 0 Å². The molecule has 0 radical (unpaired) electrons. The lowest BCUT2D eigenvalue weighted by molar-refractivity contribution is -0.115. The summed E-state index contributed by atoms with van der Waals surface area (Å²) in [6.07, 6.45) is 0.390. The van der Waals surface area contributed by atoms with Gasteiger partial charge in [-0.05, 0) is 24.3 Å². The highest BCUT2D eigenvalue weighted by Crippen LogP contribution is 2.27. The molecule has 0 saturated heterocycles. The standard InChI is InChI=1S/C13H20N3O4P/c1-3-12(17)16-11-6-4-10(5-7-11)13(18)14-8-9-15-21(2,19)20/h4-7H,3,8-9H2,1-2H3,(H,14,18)(H,16,17)(H2,15,19,20). The quantitative estimate of drug-likeness (QED) is 0.446. The van der Waals surface area contributed by atoms with Gasteiger partial charge in [-0.1, -0.05) is 6.92 Å². The third-order valence-corrected chi connectivity index (χ3v) is 3.38. The molecule has 0 heterocycles. The molecule has 1 rings (SSSR count). The van der Waals surface area contributed by atoms with E-state index in [9.17, 15) is 14.2 Å². The van der Waals surface area contributed by atoms with Crippen molar-refractivity contribution < 1.29 is 19.0 Å². The predicted molar refractivity (Wildman–Crippen MR) is 81.4 cm³/mol. The third-order valence-electron chi connectivity index (χ3n) is 2.57. The number of hydrogen-bond acceptors (Lipinski definition) is 3. The van der Waals surface area contributed by atoms with Crippen molar-refractivity contribution in [1.82, 2.24) is 10.4 Å². The van der Waals surface area contributed by atoms with Crippen LogP contribution < -0.4 is 15.7 Å². The molecule has 0 aliphatic carbocycles. The van der Waals surface area contributed by atoms with Crippen molar-refractivity contribution in [1.29, 1.82) is 0 Å². The molecule has 0 fully saturated rings. The molecule has 0 aromatic heterocycles. The normalized spacial score (nSPS) is 13.3. The van der Waals surface area contributed by atoms with E-state index >= 15 is 0 Å². The summed E-state index contributed by atoms with van der Waals surface area (Å²) in [6, 6.07) is 6.50. The molecule has 0 aliphatic rings. The van der Waals surface area contributed by atoms with Gasteiger partial charge in [-0.3, -0.25) is 14.2 Å². The van der Waals surface area contributed by atoms with Crippen molar-refractivity contribution in [3.05, 3.63) is 29.8 Å². The number of hydrogen-bond donors (Lipinski definition) is 4. The number of nitrogens with one attached hydrogen (secondary N) is 3. The molecule has 7 nitrogen and oxygen atoms in total. The van der Waals surface area contributed by atoms with Gasteiger partial charge in [0.2, 0.25) is 5.91 Å². The minimum absolute atomic E-state index is 0.0914. The lowest BCUT2D eigenvalue weighted by Crippen LogP contribution is -2.30. The van der Waals surface area contributed by atoms with E-state index in [-0.39, 0.29) is 24.9 Å². The molecule has 2 amide bonds. The second-order valence-electron chi connectivity index (χ2n) is 4.52. The van der Waals surface area contributed by atoms with Gasteiger partial charge < -0.3 is 15.5 Å². The first kappa shape index (κ1) is 17.4. The van der Waals surface area contributed by atoms with Crippen molar-refractivity contribution in [2.75, 3.05) is 25.1 Å². The van der Waals surface area contributed by atoms with Crippen LogP contribution in [0.3, 0.4) is 0 Å². The van der Waals surface area contributed by atoms with Gasteiger partial charge in [0, 0.05) is 37.4 Å². The highest BCUT2D eigenvalue weighted by atomic mass is 31.2. The van der Waals surface area contributed by atoms with E-state index in [1.807, 2.05) is 0 Å². The molecule has 1 aromatic carbocycles. The van der Waals surface area contributed by atoms with Gasteiger partial charge in [0.15, 0.2) is 0 Å². The van der Waals surface area contributed by atoms with Gasteiger partial charge in [-0.25, -0.2) is 5.09 Å². The zero-order valence-electron chi connectivity index (χ0n) is 12.0. The van der Waals surface area contributed by atoms with E-state index in [0.29, 0.717) is 17.7 Å². The zero-order valence-corrected chi connectivity index (χ0v) is 12.9. The van der Waals surface area contributed by atoms with Crippen LogP contribution in [0.1, 0.15) is 23.7 Å². The van der Waals surface area contributed by atoms with Crippen molar-refractivity contribution >= 4 is 25.0 Å². The molecular formula is C13H20N3O4P. The lowest BCUT2D eigenvalue weighted by Gasteiger charge is -2.09. The summed E-state index contributed by atoms with van der Waals surface area (Å²) in [7, 11) is -3.26. The maximum absolute atomic E-state index is 11.8. The number of anilines is 1. The summed E-state index contributed by atoms with van der Waals surface area (Å²) in [5.41, 5.74) is 1.08. The molecule has 0 saturated carbocycles. The monoisotopic (exact) mass is 313 g/mol. The Morgan fingerprint density at radius 2 is 1.81 bits per heavy atom. The molecule has 8 heteroatoms. The van der Waals surface area contributed by atoms with Crippen LogP contribution in [0.15, 0.2) is 24.3 Å². The molecule has 1 aromatic rings. The Morgan fingerprint density at radius 1 is 1.19 bits per heavy atom. The van der Waals surface area contributed by atoms with Crippen LogP contribution in [-0.2, 0) is 9.36 Å². The fourth-order valence-electron chi connectivity index (χ4n) is 1.50. The molecule has 21 heavy (non-hydrogen) atoms. The Labute approximate surface area is 123 Å². The summed E-state index contributed by atoms with van der Waals surface area (Å²) in [4.78, 5) is 32.0. The predicted octanol–water partition coefficient (Wildman–Crippen LogP) is 1.17. The van der Waals surface area contributed by atoms with Gasteiger partial charge in [0.05, 0.1) is 0 Å². The fourth-order valence-corrected chi connectivity index (χ4v) is 2.02. The SMILES string of the molecule is CCC(=O)Nc1ccc(C(=O)NCCN[P@@](C)(=O)O)cc1. The first-order valence-electron chi connectivity index (χ1n) is 6.55. The summed E-state index contributed by atoms with van der Waals surface area (Å²) in [5, 5.41) is 7.72. The second kappa shape index (κ2) is 7.93. The Hall–Kier alpha value is -1.69. The topological polar surface area (TPSA) is 108 Å². The minimum Gasteiger partial charge on any atom is -0.351 e. The van der Waals surface area contributed by atoms with E-state index in [1.165, 1.54) is 6.66 Å². The first-order chi connectivity index (χ1) is 9.81. The van der Waals surface area contributed by atoms with Crippen molar-refractivity contribution in [2.45, 2.75) is 13.3 Å². The van der Waals surface area contributed by atoms with Gasteiger partial charge >= 0.3 is 0 Å². The summed E-state index contributed by atoms with van der Waals surface area (Å²) >= 11 is 0. The maximum Gasteiger partial charge on any atom is 0.264 e. The minimum atomic E-state index is -3.26. The Bertz CT molecular complexity index is 539. The number of carbonyl (C=O) groups excluding carboxylic acids is 2. The Kier molecular flexibility index (Phi) is 6.55. The summed E-state index contributed by atoms with van der Waals surface area (Å²) in [6.45, 7) is 3.40. The zero-order chi connectivity index (χ0) is 15.9. The number of rotatable bonds is 7. The van der Waals surface area contributed by atoms with Crippen molar-refractivity contribution in [3.63, 3.8) is 0 Å². The summed E-state index contributed by atoms with van der Waals surface area (Å²) < 4.78 is 11.0. The van der Waals surface area contributed by atoms with E-state index in [2.05, 4.69) is 15.7 Å². The van der Waals surface area contributed by atoms with Gasteiger partial charge in [-0.15, -0.1) is 0 Å². The third kappa shape index (κ3) is 7.04. The molecule has 0 aliphatic heterocycles. The van der Waals surface area contributed by atoms with Gasteiger partial charge in [-0.2, -0.15) is 0 Å². The number of amides is 2. The van der Waals surface area contributed by atoms with Crippen molar-refractivity contribution in [3.8, 4) is 0 Å². The van der Waals surface area contributed by atoms with Crippen LogP contribution in [0.5, 0.6) is 0 Å². The van der Waals surface area contributed by atoms with E-state index in [1.54, 1.807) is 31.2 Å². The van der Waals surface area contributed by atoms with E-state index < -0.39 is 7.52 Å². The number of benzene rings is 1. The largest absolute Gasteiger partial charge is 0.351 e. The van der Waals surface area contributed by atoms with E-state index in [0.717, 1.165) is 0 Å². The second-order valence-corrected chi connectivity index (χ2v) is 6.60. The van der Waals surface area contributed by atoms with Gasteiger partial charge in [0.1, 0.15) is 0 Å². The van der Waals surface area contributed by atoms with Crippen LogP contribution in [0.2, 0.25) is 0 Å². The average Bonchev–Trinajstić information content (AvgIpc) is 2.43. The summed E-state index contributed by atoms with van der Waals surface area (Å²) in [5.74, 6) is -0.375. The van der Waals surface area contributed by atoms with Crippen LogP contribution in [0.4, 0.5) is 5.69 Å². The van der Waals surface area contributed by atoms with Crippen LogP contribution >= 0.6 is 7.52 Å². The molecule has 0 unspecified atom stereocenters. The smallest absolute Gasteiger partial charge is 0.264 e. The Balaban J connectivity index is 2.44. The van der Waals surface area contributed by atoms with Crippen molar-refractivity contribution in [2.24, 2.45) is 0 Å². The maximum atomic E-state index is 11.8. The Morgan fingerprint density at radius 3 is 2.33 bits per heavy atom. The van der Waals surface area contributed by atoms with Gasteiger partial charge in [0.25, 0.3) is 13.4 Å². The molecule has 0 bridgehead atoms. The fraction of sp³-hybridized carbons (Fsp3) is 0.385. The van der Waals surface area contributed by atoms with E-state index in [4.69, 9.17) is 4.89 Å². The molecule has 1 atom stereocenters. The average molecular weight is 313 g/mol. The molecule has 4 N–H and O–H groups in total. The molecule has 116 valence electrons. The highest BCUT2D eigenvalue weighted by Gasteiger charge is 2.09. The first-order valence-corrected chi connectivity index (χ1v) is 8.66. The lowest BCUT2D eigenvalue weighted by atomic mass is 10.2. The molecular weight excluding hydrogens is 293 g/mol.